The molecule has 0 aromatic carbocycles. The fourth-order valence-corrected chi connectivity index (χ4v) is 7.42. The third-order valence-corrected chi connectivity index (χ3v) is 10.0. The fourth-order valence-electron chi connectivity index (χ4n) is 6.64. The zero-order chi connectivity index (χ0) is 41.0. The molecule has 12 nitrogen and oxygen atoms in total. The summed E-state index contributed by atoms with van der Waals surface area (Å²) in [7, 11) is 5.90. The van der Waals surface area contributed by atoms with Crippen LogP contribution in [-0.2, 0) is 19.2 Å². The van der Waals surface area contributed by atoms with Gasteiger partial charge in [-0.3, -0.25) is 19.2 Å². The Balaban J connectivity index is 0.00000277. The summed E-state index contributed by atoms with van der Waals surface area (Å²) in [5.41, 5.74) is 2.05. The maximum atomic E-state index is 14.5. The molecule has 1 saturated heterocycles. The van der Waals surface area contributed by atoms with E-state index in [0.29, 0.717) is 58.2 Å². The molecule has 0 aromatic rings. The Morgan fingerprint density at radius 3 is 2.04 bits per heavy atom. The molecule has 1 heterocycles. The van der Waals surface area contributed by atoms with Gasteiger partial charge < -0.3 is 26.2 Å². The number of rotatable bonds is 16. The molecule has 13 heteroatoms. The van der Waals surface area contributed by atoms with Gasteiger partial charge >= 0.3 is 6.03 Å². The lowest BCUT2D eigenvalue weighted by atomic mass is 9.86. The monoisotopic (exact) mass is 776 g/mol. The van der Waals surface area contributed by atoms with Crippen LogP contribution in [0.2, 0.25) is 0 Å². The van der Waals surface area contributed by atoms with E-state index in [1.807, 2.05) is 46.2 Å². The number of hydrogen-bond acceptors (Lipinski definition) is 8. The van der Waals surface area contributed by atoms with Crippen molar-refractivity contribution in [3.8, 4) is 0 Å². The minimum atomic E-state index is -0.970. The van der Waals surface area contributed by atoms with E-state index in [2.05, 4.69) is 84.5 Å². The molecule has 0 bridgehead atoms. The van der Waals surface area contributed by atoms with E-state index in [-0.39, 0.29) is 23.3 Å². The van der Waals surface area contributed by atoms with Gasteiger partial charge in [-0.05, 0) is 89.1 Å². The molecular formula is C41H73N7O5S. The normalized spacial score (nSPS) is 18.4. The minimum Gasteiger partial charge on any atom is -0.350 e. The van der Waals surface area contributed by atoms with E-state index < -0.39 is 41.8 Å². The Morgan fingerprint density at radius 1 is 0.926 bits per heavy atom. The van der Waals surface area contributed by atoms with E-state index in [4.69, 9.17) is 0 Å². The number of Topliss-reactive ketones (excluding diaryl/α,β-unsaturated/α-hetero) is 1. The number of likely N-dealkylation sites (tertiary alicyclic amines) is 1. The van der Waals surface area contributed by atoms with Crippen molar-refractivity contribution in [1.29, 1.82) is 0 Å². The number of hydrogen-bond donors (Lipinski definition) is 4. The maximum Gasteiger partial charge on any atom is 0.315 e. The fraction of sp³-hybridized carbons (Fsp3) is 0.732. The van der Waals surface area contributed by atoms with Gasteiger partial charge in [-0.25, -0.2) is 13.4 Å². The number of carbonyl (C=O) groups excluding carboxylic acids is 5. The van der Waals surface area contributed by atoms with Crippen molar-refractivity contribution in [2.75, 3.05) is 40.8 Å². The van der Waals surface area contributed by atoms with Crippen LogP contribution >= 0.6 is 12.1 Å². The quantitative estimate of drug-likeness (QED) is 0.108. The number of nitrogens with one attached hydrogen (secondary N) is 4. The average Bonchev–Trinajstić information content (AvgIpc) is 3.71. The summed E-state index contributed by atoms with van der Waals surface area (Å²) in [6, 6.07) is -3.30. The molecule has 54 heavy (non-hydrogen) atoms. The van der Waals surface area contributed by atoms with Crippen LogP contribution in [0.25, 0.3) is 0 Å². The van der Waals surface area contributed by atoms with Gasteiger partial charge in [-0.1, -0.05) is 99.0 Å². The molecule has 1 aliphatic heterocycles. The predicted octanol–water partition coefficient (Wildman–Crippen LogP) is 6.16. The SMILES string of the molecule is CC.CCC.CCCCC(NC(=O)C1CCCN1C(=O)C(NC(=O)NC(CN(C)SN(C)C)C(C)(C)C)C1CC2=C(C=CCC=C2)C1)C(=O)C(=O)NCC. The smallest absolute Gasteiger partial charge is 0.315 e. The third kappa shape index (κ3) is 15.9. The van der Waals surface area contributed by atoms with Gasteiger partial charge in [0.25, 0.3) is 5.91 Å². The molecule has 0 spiro atoms. The number of urea groups is 1. The molecule has 1 fully saturated rings. The summed E-state index contributed by atoms with van der Waals surface area (Å²) in [6.07, 6.45) is 14.6. The van der Waals surface area contributed by atoms with Gasteiger partial charge in [0, 0.05) is 37.8 Å². The predicted molar refractivity (Wildman–Crippen MR) is 222 cm³/mol. The molecule has 2 aliphatic carbocycles. The topological polar surface area (TPSA) is 143 Å². The van der Waals surface area contributed by atoms with Gasteiger partial charge in [-0.2, -0.15) is 0 Å². The van der Waals surface area contributed by atoms with E-state index in [1.165, 1.54) is 6.42 Å². The van der Waals surface area contributed by atoms with Crippen molar-refractivity contribution in [1.82, 2.24) is 34.8 Å². The minimum absolute atomic E-state index is 0.198. The zero-order valence-corrected chi connectivity index (χ0v) is 36.3. The van der Waals surface area contributed by atoms with Crippen LogP contribution in [0.3, 0.4) is 0 Å². The second kappa shape index (κ2) is 25.1. The van der Waals surface area contributed by atoms with Crippen LogP contribution in [0, 0.1) is 11.3 Å². The average molecular weight is 776 g/mol. The van der Waals surface area contributed by atoms with Crippen LogP contribution in [0.15, 0.2) is 35.5 Å². The van der Waals surface area contributed by atoms with Crippen molar-refractivity contribution in [2.24, 2.45) is 11.3 Å². The first kappa shape index (κ1) is 48.9. The van der Waals surface area contributed by atoms with E-state index >= 15 is 0 Å². The number of nitrogens with zero attached hydrogens (tertiary/aromatic N) is 3. The van der Waals surface area contributed by atoms with Crippen LogP contribution in [0.1, 0.15) is 120 Å². The van der Waals surface area contributed by atoms with Crippen LogP contribution in [0.5, 0.6) is 0 Å². The standard InChI is InChI=1S/C36H59N7O5S.C3H8.C2H6/c1-9-11-18-27(31(44)33(46)37-10-2)38-32(45)28-19-15-20-43(28)34(47)30(26-21-24-16-13-12-14-17-25(24)22-26)40-35(48)39-29(36(3,4)5)23-42(8)49-41(6)7;1-3-2;1-2/h13-14,16-17,26-30H,9-12,15,18-23H2,1-8H3,(H,37,46)(H,38,45)(H2,39,40,48);3H2,1-2H3;1-2H3. The van der Waals surface area contributed by atoms with Crippen LogP contribution in [-0.4, -0.2) is 108 Å². The summed E-state index contributed by atoms with van der Waals surface area (Å²) < 4.78 is 4.05. The van der Waals surface area contributed by atoms with E-state index in [9.17, 15) is 24.0 Å². The van der Waals surface area contributed by atoms with E-state index in [1.54, 1.807) is 24.0 Å². The second-order valence-electron chi connectivity index (χ2n) is 15.3. The van der Waals surface area contributed by atoms with Gasteiger partial charge in [0.15, 0.2) is 0 Å². The first-order chi connectivity index (χ1) is 25.6. The van der Waals surface area contributed by atoms with Crippen molar-refractivity contribution in [3.63, 3.8) is 0 Å². The van der Waals surface area contributed by atoms with Gasteiger partial charge in [-0.15, -0.1) is 0 Å². The number of ketones is 1. The molecular weight excluding hydrogens is 703 g/mol. The summed E-state index contributed by atoms with van der Waals surface area (Å²) in [5.74, 6) is -2.37. The largest absolute Gasteiger partial charge is 0.350 e. The Hall–Kier alpha value is -3.16. The first-order valence-corrected chi connectivity index (χ1v) is 20.9. The molecule has 5 amide bonds. The summed E-state index contributed by atoms with van der Waals surface area (Å²) in [4.78, 5) is 69.0. The number of likely N-dealkylation sites (N-methyl/N-ethyl adjacent to an activating group) is 2. The van der Waals surface area contributed by atoms with Gasteiger partial charge in [0.05, 0.1) is 6.04 Å². The van der Waals surface area contributed by atoms with Crippen molar-refractivity contribution < 1.29 is 24.0 Å². The molecule has 3 aliphatic rings. The number of carbonyl (C=O) groups is 5. The molecule has 4 atom stereocenters. The third-order valence-electron chi connectivity index (χ3n) is 9.28. The number of unbranched alkanes of at least 4 members (excludes halogenated alkanes) is 1. The highest BCUT2D eigenvalue weighted by Gasteiger charge is 2.43. The highest BCUT2D eigenvalue weighted by Crippen LogP contribution is 2.37. The second-order valence-corrected chi connectivity index (χ2v) is 16.8. The summed E-state index contributed by atoms with van der Waals surface area (Å²) in [5, 5.41) is 11.6. The number of amides is 5. The van der Waals surface area contributed by atoms with Crippen LogP contribution in [0.4, 0.5) is 4.79 Å². The lowest BCUT2D eigenvalue weighted by Gasteiger charge is -2.36. The molecule has 0 aromatic heterocycles. The number of allylic oxidation sites excluding steroid dienone is 6. The summed E-state index contributed by atoms with van der Waals surface area (Å²) in [6.45, 7) is 19.4. The molecule has 4 unspecified atom stereocenters. The Labute approximate surface area is 331 Å². The van der Waals surface area contributed by atoms with E-state index in [0.717, 1.165) is 24.0 Å². The summed E-state index contributed by atoms with van der Waals surface area (Å²) >= 11 is 1.55. The first-order valence-electron chi connectivity index (χ1n) is 20.2. The van der Waals surface area contributed by atoms with Crippen LogP contribution < -0.4 is 21.3 Å². The molecule has 3 rings (SSSR count). The van der Waals surface area contributed by atoms with Gasteiger partial charge in [0.1, 0.15) is 12.1 Å². The lowest BCUT2D eigenvalue weighted by Crippen LogP contribution is -2.60. The Bertz CT molecular complexity index is 1280. The van der Waals surface area contributed by atoms with Crippen molar-refractivity contribution >= 4 is 41.7 Å². The zero-order valence-electron chi connectivity index (χ0n) is 35.5. The molecule has 308 valence electrons. The lowest BCUT2D eigenvalue weighted by molar-refractivity contribution is -0.143. The molecule has 0 radical (unpaired) electrons. The van der Waals surface area contributed by atoms with Crippen molar-refractivity contribution in [2.45, 2.75) is 144 Å². The van der Waals surface area contributed by atoms with Crippen molar-refractivity contribution in [3.05, 3.63) is 35.5 Å². The molecule has 4 N–H and O–H groups in total. The Morgan fingerprint density at radius 2 is 1.52 bits per heavy atom. The highest BCUT2D eigenvalue weighted by molar-refractivity contribution is 7.94. The Kier molecular flexibility index (Phi) is 22.7. The molecule has 0 saturated carbocycles. The van der Waals surface area contributed by atoms with Gasteiger partial charge in [0.2, 0.25) is 17.6 Å². The maximum absolute atomic E-state index is 14.5. The highest BCUT2D eigenvalue weighted by atomic mass is 32.2.